The first-order valence-corrected chi connectivity index (χ1v) is 9.10. The van der Waals surface area contributed by atoms with Gasteiger partial charge in [0, 0.05) is 13.2 Å². The molecule has 1 N–H and O–H groups in total. The van der Waals surface area contributed by atoms with Gasteiger partial charge in [-0.3, -0.25) is 19.5 Å². The Labute approximate surface area is 166 Å². The maximum Gasteiger partial charge on any atom is 0.433 e. The molecule has 1 aromatic carbocycles. The van der Waals surface area contributed by atoms with Gasteiger partial charge in [-0.25, -0.2) is 10.4 Å². The van der Waals surface area contributed by atoms with Crippen molar-refractivity contribution in [1.29, 1.82) is 0 Å². The Morgan fingerprint density at radius 1 is 1.34 bits per heavy atom. The maximum absolute atomic E-state index is 12.9. The van der Waals surface area contributed by atoms with E-state index in [1.165, 1.54) is 22.9 Å². The summed E-state index contributed by atoms with van der Waals surface area (Å²) in [5, 5.41) is 15.2. The van der Waals surface area contributed by atoms with Crippen LogP contribution in [0.25, 0.3) is 10.9 Å². The molecule has 2 aromatic heterocycles. The zero-order valence-corrected chi connectivity index (χ0v) is 16.1. The number of hydrazone groups is 1. The van der Waals surface area contributed by atoms with Gasteiger partial charge in [-0.05, 0) is 38.5 Å². The number of rotatable bonds is 9. The molecule has 0 unspecified atom stereocenters. The van der Waals surface area contributed by atoms with Crippen molar-refractivity contribution in [3.8, 4) is 0 Å². The van der Waals surface area contributed by atoms with E-state index in [9.17, 15) is 14.9 Å². The van der Waals surface area contributed by atoms with Crippen LogP contribution in [0.2, 0.25) is 0 Å². The maximum atomic E-state index is 12.9. The summed E-state index contributed by atoms with van der Waals surface area (Å²) in [5.74, 6) is 0.0807. The molecule has 0 spiro atoms. The largest absolute Gasteiger partial charge is 0.433 e. The van der Waals surface area contributed by atoms with Crippen molar-refractivity contribution in [3.63, 3.8) is 0 Å². The first kappa shape index (κ1) is 20.2. The Morgan fingerprint density at radius 2 is 2.14 bits per heavy atom. The fraction of sp³-hybridized carbons (Fsp3) is 0.316. The summed E-state index contributed by atoms with van der Waals surface area (Å²) < 4.78 is 12.0. The monoisotopic (exact) mass is 399 g/mol. The lowest BCUT2D eigenvalue weighted by Crippen LogP contribution is -2.25. The van der Waals surface area contributed by atoms with E-state index in [4.69, 9.17) is 9.15 Å². The van der Waals surface area contributed by atoms with Crippen LogP contribution in [0.5, 0.6) is 0 Å². The third-order valence-corrected chi connectivity index (χ3v) is 3.99. The third kappa shape index (κ3) is 5.05. The minimum Gasteiger partial charge on any atom is -0.400 e. The highest BCUT2D eigenvalue weighted by atomic mass is 16.6. The van der Waals surface area contributed by atoms with Crippen molar-refractivity contribution in [1.82, 2.24) is 9.55 Å². The topological polar surface area (TPSA) is 125 Å². The Kier molecular flexibility index (Phi) is 6.35. The molecule has 3 rings (SSSR count). The summed E-state index contributed by atoms with van der Waals surface area (Å²) >= 11 is 0. The van der Waals surface area contributed by atoms with Gasteiger partial charge in [-0.1, -0.05) is 12.1 Å². The molecule has 3 aromatic rings. The lowest BCUT2D eigenvalue weighted by molar-refractivity contribution is -0.402. The van der Waals surface area contributed by atoms with Gasteiger partial charge in [0.2, 0.25) is 5.95 Å². The van der Waals surface area contributed by atoms with E-state index in [0.29, 0.717) is 30.5 Å². The number of nitrogens with one attached hydrogen (secondary N) is 1. The van der Waals surface area contributed by atoms with Gasteiger partial charge in [-0.15, -0.1) is 0 Å². The molecule has 2 heterocycles. The first-order chi connectivity index (χ1) is 14.0. The quantitative estimate of drug-likeness (QED) is 0.253. The Balaban J connectivity index is 1.83. The summed E-state index contributed by atoms with van der Waals surface area (Å²) in [6, 6.07) is 9.71. The Hall–Kier alpha value is -3.53. The molecule has 0 bridgehead atoms. The van der Waals surface area contributed by atoms with Gasteiger partial charge < -0.3 is 9.15 Å². The van der Waals surface area contributed by atoms with E-state index < -0.39 is 4.92 Å². The van der Waals surface area contributed by atoms with Crippen molar-refractivity contribution < 1.29 is 14.1 Å². The van der Waals surface area contributed by atoms with Crippen LogP contribution in [0.4, 0.5) is 11.8 Å². The number of aromatic nitrogens is 2. The minimum atomic E-state index is -0.632. The number of fused-ring (bicyclic) bond motifs is 1. The van der Waals surface area contributed by atoms with Crippen LogP contribution in [-0.2, 0) is 11.3 Å². The second-order valence-electron chi connectivity index (χ2n) is 6.49. The second kappa shape index (κ2) is 9.11. The highest BCUT2D eigenvalue weighted by Gasteiger charge is 2.12. The van der Waals surface area contributed by atoms with Crippen molar-refractivity contribution in [2.45, 2.75) is 32.9 Å². The molecule has 0 radical (unpaired) electrons. The molecule has 0 aliphatic heterocycles. The highest BCUT2D eigenvalue weighted by Crippen LogP contribution is 2.15. The van der Waals surface area contributed by atoms with Gasteiger partial charge in [0.05, 0.1) is 29.3 Å². The molecular weight excluding hydrogens is 378 g/mol. The number of hydrogen-bond acceptors (Lipinski definition) is 8. The molecule has 0 saturated heterocycles. The number of furan rings is 1. The fourth-order valence-electron chi connectivity index (χ4n) is 2.67. The van der Waals surface area contributed by atoms with Crippen LogP contribution in [0.15, 0.2) is 50.7 Å². The number of benzene rings is 1. The molecule has 152 valence electrons. The number of ether oxygens (including phenoxy) is 1. The Bertz CT molecular complexity index is 1090. The summed E-state index contributed by atoms with van der Waals surface area (Å²) in [7, 11) is 0. The van der Waals surface area contributed by atoms with Gasteiger partial charge in [0.1, 0.15) is 4.92 Å². The summed E-state index contributed by atoms with van der Waals surface area (Å²) in [6.07, 6.45) is 2.02. The fourth-order valence-corrected chi connectivity index (χ4v) is 2.67. The smallest absolute Gasteiger partial charge is 0.400 e. The van der Waals surface area contributed by atoms with E-state index in [0.717, 1.165) is 0 Å². The molecule has 0 aliphatic rings. The van der Waals surface area contributed by atoms with E-state index in [2.05, 4.69) is 15.5 Å². The van der Waals surface area contributed by atoms with Crippen LogP contribution in [0.1, 0.15) is 26.0 Å². The number of hydrogen-bond donors (Lipinski definition) is 1. The molecule has 10 nitrogen and oxygen atoms in total. The SMILES string of the molecule is CC(C)OCCCn1c(N/N=C\c2ccc([N+](=O)[O-])o2)nc2ccccc2c1=O. The van der Waals surface area contributed by atoms with Crippen LogP contribution < -0.4 is 11.0 Å². The van der Waals surface area contributed by atoms with Crippen LogP contribution in [-0.4, -0.2) is 33.4 Å². The van der Waals surface area contributed by atoms with E-state index in [1.807, 2.05) is 13.8 Å². The zero-order chi connectivity index (χ0) is 20.8. The predicted molar refractivity (Wildman–Crippen MR) is 108 cm³/mol. The predicted octanol–water partition coefficient (Wildman–Crippen LogP) is 3.16. The minimum absolute atomic E-state index is 0.112. The number of para-hydroxylation sites is 1. The van der Waals surface area contributed by atoms with Gasteiger partial charge in [0.15, 0.2) is 5.76 Å². The average Bonchev–Trinajstić information content (AvgIpc) is 3.16. The summed E-state index contributed by atoms with van der Waals surface area (Å²) in [6.45, 7) is 4.80. The average molecular weight is 399 g/mol. The standard InChI is InChI=1S/C19H21N5O5/c1-13(2)28-11-5-10-23-18(25)15-6-3-4-7-16(15)21-19(23)22-20-12-14-8-9-17(29-14)24(26)27/h3-4,6-9,12-13H,5,10-11H2,1-2H3,(H,21,22)/b20-12-. The molecule has 29 heavy (non-hydrogen) atoms. The number of nitrogens with zero attached hydrogens (tertiary/aromatic N) is 4. The molecule has 0 atom stereocenters. The number of nitro groups is 1. The lowest BCUT2D eigenvalue weighted by atomic mass is 10.2. The van der Waals surface area contributed by atoms with E-state index in [1.54, 1.807) is 24.3 Å². The molecule has 10 heteroatoms. The zero-order valence-electron chi connectivity index (χ0n) is 16.1. The van der Waals surface area contributed by atoms with Crippen molar-refractivity contribution in [2.75, 3.05) is 12.0 Å². The highest BCUT2D eigenvalue weighted by molar-refractivity contribution is 5.79. The summed E-state index contributed by atoms with van der Waals surface area (Å²) in [5.41, 5.74) is 3.09. The Morgan fingerprint density at radius 3 is 2.86 bits per heavy atom. The molecule has 0 amide bonds. The van der Waals surface area contributed by atoms with Crippen molar-refractivity contribution >= 4 is 29.0 Å². The van der Waals surface area contributed by atoms with E-state index in [-0.39, 0.29) is 29.3 Å². The molecular formula is C19H21N5O5. The molecule has 0 fully saturated rings. The molecule has 0 saturated carbocycles. The first-order valence-electron chi connectivity index (χ1n) is 9.10. The van der Waals surface area contributed by atoms with Crippen molar-refractivity contribution in [2.24, 2.45) is 5.10 Å². The summed E-state index contributed by atoms with van der Waals surface area (Å²) in [4.78, 5) is 27.4. The van der Waals surface area contributed by atoms with Crippen molar-refractivity contribution in [3.05, 3.63) is 62.6 Å². The van der Waals surface area contributed by atoms with Gasteiger partial charge in [0.25, 0.3) is 5.56 Å². The van der Waals surface area contributed by atoms with Gasteiger partial charge >= 0.3 is 5.88 Å². The van der Waals surface area contributed by atoms with Crippen LogP contribution in [0, 0.1) is 10.1 Å². The lowest BCUT2D eigenvalue weighted by Gasteiger charge is -2.13. The van der Waals surface area contributed by atoms with Gasteiger partial charge in [-0.2, -0.15) is 5.10 Å². The normalized spacial score (nSPS) is 11.6. The third-order valence-electron chi connectivity index (χ3n) is 3.99. The second-order valence-corrected chi connectivity index (χ2v) is 6.49. The van der Waals surface area contributed by atoms with Crippen LogP contribution >= 0.6 is 0 Å². The van der Waals surface area contributed by atoms with E-state index >= 15 is 0 Å². The van der Waals surface area contributed by atoms with Crippen LogP contribution in [0.3, 0.4) is 0 Å². The number of anilines is 1. The molecule has 0 aliphatic carbocycles.